The second kappa shape index (κ2) is 7.66. The molecular formula is C16H13BrClFO4. The Hall–Kier alpha value is -1.79. The summed E-state index contributed by atoms with van der Waals surface area (Å²) in [7, 11) is 3.03. The Labute approximate surface area is 146 Å². The number of carbonyl (C=O) groups excluding carboxylic acids is 1. The fraction of sp³-hybridized carbons (Fsp3) is 0.188. The monoisotopic (exact) mass is 402 g/mol. The van der Waals surface area contributed by atoms with Gasteiger partial charge in [-0.2, -0.15) is 0 Å². The Kier molecular flexibility index (Phi) is 5.85. The molecule has 0 aliphatic heterocycles. The number of ether oxygens (including phenoxy) is 3. The third-order valence-corrected chi connectivity index (χ3v) is 4.04. The first-order chi connectivity index (χ1) is 11.0. The quantitative estimate of drug-likeness (QED) is 0.684. The summed E-state index contributed by atoms with van der Waals surface area (Å²) in [6, 6.07) is 7.14. The fourth-order valence-electron chi connectivity index (χ4n) is 1.88. The van der Waals surface area contributed by atoms with Crippen molar-refractivity contribution in [2.75, 3.05) is 14.2 Å². The van der Waals surface area contributed by atoms with Crippen molar-refractivity contribution in [2.24, 2.45) is 0 Å². The second-order valence-electron chi connectivity index (χ2n) is 4.50. The van der Waals surface area contributed by atoms with E-state index in [0.29, 0.717) is 21.5 Å². The van der Waals surface area contributed by atoms with E-state index in [1.807, 2.05) is 0 Å². The minimum absolute atomic E-state index is 0.0537. The van der Waals surface area contributed by atoms with Crippen LogP contribution in [-0.2, 0) is 11.3 Å². The molecular weight excluding hydrogens is 391 g/mol. The molecule has 0 radical (unpaired) electrons. The molecule has 23 heavy (non-hydrogen) atoms. The SMILES string of the molecule is COc1cc(Br)c(COC(=O)c2ccc(Cl)cc2F)cc1OC. The van der Waals surface area contributed by atoms with Gasteiger partial charge in [0.1, 0.15) is 12.4 Å². The first kappa shape index (κ1) is 17.6. The number of hydrogen-bond donors (Lipinski definition) is 0. The standard InChI is InChI=1S/C16H13BrClFO4/c1-21-14-5-9(12(17)7-15(14)22-2)8-23-16(20)11-4-3-10(18)6-13(11)19/h3-7H,8H2,1-2H3. The summed E-state index contributed by atoms with van der Waals surface area (Å²) in [6.07, 6.45) is 0. The van der Waals surface area contributed by atoms with Crippen LogP contribution in [0.15, 0.2) is 34.8 Å². The molecule has 122 valence electrons. The highest BCUT2D eigenvalue weighted by Crippen LogP contribution is 2.33. The minimum Gasteiger partial charge on any atom is -0.493 e. The predicted molar refractivity (Wildman–Crippen MR) is 87.8 cm³/mol. The van der Waals surface area contributed by atoms with Crippen molar-refractivity contribution in [2.45, 2.75) is 6.61 Å². The molecule has 0 heterocycles. The van der Waals surface area contributed by atoms with E-state index in [1.54, 1.807) is 12.1 Å². The molecule has 4 nitrogen and oxygen atoms in total. The number of halogens is 3. The van der Waals surface area contributed by atoms with Crippen LogP contribution in [0.2, 0.25) is 5.02 Å². The second-order valence-corrected chi connectivity index (χ2v) is 5.79. The first-order valence-corrected chi connectivity index (χ1v) is 7.66. The highest BCUT2D eigenvalue weighted by Gasteiger charge is 2.16. The molecule has 2 rings (SSSR count). The maximum absolute atomic E-state index is 13.7. The van der Waals surface area contributed by atoms with Crippen LogP contribution in [0, 0.1) is 5.82 Å². The molecule has 7 heteroatoms. The van der Waals surface area contributed by atoms with Gasteiger partial charge in [-0.3, -0.25) is 0 Å². The van der Waals surface area contributed by atoms with E-state index < -0.39 is 11.8 Å². The summed E-state index contributed by atoms with van der Waals surface area (Å²) >= 11 is 9.02. The third-order valence-electron chi connectivity index (χ3n) is 3.06. The number of hydrogen-bond acceptors (Lipinski definition) is 4. The average Bonchev–Trinajstić information content (AvgIpc) is 2.53. The summed E-state index contributed by atoms with van der Waals surface area (Å²) in [4.78, 5) is 12.0. The van der Waals surface area contributed by atoms with Crippen LogP contribution in [0.1, 0.15) is 15.9 Å². The van der Waals surface area contributed by atoms with E-state index in [2.05, 4.69) is 15.9 Å². The third kappa shape index (κ3) is 4.14. The lowest BCUT2D eigenvalue weighted by Crippen LogP contribution is -2.08. The van der Waals surface area contributed by atoms with Crippen LogP contribution in [-0.4, -0.2) is 20.2 Å². The molecule has 0 aromatic heterocycles. The van der Waals surface area contributed by atoms with Gasteiger partial charge >= 0.3 is 5.97 Å². The molecule has 0 bridgehead atoms. The number of methoxy groups -OCH3 is 2. The van der Waals surface area contributed by atoms with Crippen molar-refractivity contribution >= 4 is 33.5 Å². The predicted octanol–water partition coefficient (Wildman–Crippen LogP) is 4.62. The first-order valence-electron chi connectivity index (χ1n) is 6.48. The zero-order valence-corrected chi connectivity index (χ0v) is 14.7. The molecule has 0 saturated carbocycles. The topological polar surface area (TPSA) is 44.8 Å². The van der Waals surface area contributed by atoms with Gasteiger partial charge < -0.3 is 14.2 Å². The number of esters is 1. The molecule has 2 aromatic rings. The van der Waals surface area contributed by atoms with Crippen LogP contribution in [0.5, 0.6) is 11.5 Å². The van der Waals surface area contributed by atoms with Gasteiger partial charge in [0.2, 0.25) is 0 Å². The fourth-order valence-corrected chi connectivity index (χ4v) is 2.48. The smallest absolute Gasteiger partial charge is 0.341 e. The van der Waals surface area contributed by atoms with Gasteiger partial charge in [0.15, 0.2) is 11.5 Å². The lowest BCUT2D eigenvalue weighted by Gasteiger charge is -2.12. The summed E-state index contributed by atoms with van der Waals surface area (Å²) in [5.74, 6) is -0.465. The molecule has 0 N–H and O–H groups in total. The largest absolute Gasteiger partial charge is 0.493 e. The van der Waals surface area contributed by atoms with Crippen LogP contribution >= 0.6 is 27.5 Å². The van der Waals surface area contributed by atoms with Gasteiger partial charge in [0, 0.05) is 15.1 Å². The highest BCUT2D eigenvalue weighted by molar-refractivity contribution is 9.10. The van der Waals surface area contributed by atoms with Gasteiger partial charge in [-0.1, -0.05) is 27.5 Å². The molecule has 0 fully saturated rings. The van der Waals surface area contributed by atoms with E-state index >= 15 is 0 Å². The van der Waals surface area contributed by atoms with Crippen molar-refractivity contribution in [3.63, 3.8) is 0 Å². The molecule has 0 unspecified atom stereocenters. The van der Waals surface area contributed by atoms with Crippen molar-refractivity contribution in [1.29, 1.82) is 0 Å². The Bertz CT molecular complexity index is 736. The molecule has 0 saturated heterocycles. The van der Waals surface area contributed by atoms with Crippen molar-refractivity contribution in [3.05, 3.63) is 56.8 Å². The number of benzene rings is 2. The van der Waals surface area contributed by atoms with Crippen LogP contribution < -0.4 is 9.47 Å². The highest BCUT2D eigenvalue weighted by atomic mass is 79.9. The van der Waals surface area contributed by atoms with E-state index in [4.69, 9.17) is 25.8 Å². The Morgan fingerprint density at radius 1 is 1.17 bits per heavy atom. The van der Waals surface area contributed by atoms with Crippen LogP contribution in [0.3, 0.4) is 0 Å². The van der Waals surface area contributed by atoms with E-state index in [9.17, 15) is 9.18 Å². The van der Waals surface area contributed by atoms with Crippen molar-refractivity contribution < 1.29 is 23.4 Å². The molecule has 0 spiro atoms. The van der Waals surface area contributed by atoms with Gasteiger partial charge in [0.05, 0.1) is 19.8 Å². The van der Waals surface area contributed by atoms with Gasteiger partial charge in [-0.25, -0.2) is 9.18 Å². The van der Waals surface area contributed by atoms with E-state index in [1.165, 1.54) is 26.4 Å². The normalized spacial score (nSPS) is 10.3. The zero-order valence-electron chi connectivity index (χ0n) is 12.4. The summed E-state index contributed by atoms with van der Waals surface area (Å²) in [5.41, 5.74) is 0.483. The minimum atomic E-state index is -0.777. The molecule has 2 aromatic carbocycles. The van der Waals surface area contributed by atoms with Gasteiger partial charge in [0.25, 0.3) is 0 Å². The van der Waals surface area contributed by atoms with Crippen molar-refractivity contribution in [1.82, 2.24) is 0 Å². The molecule has 0 atom stereocenters. The maximum Gasteiger partial charge on any atom is 0.341 e. The van der Waals surface area contributed by atoms with Crippen LogP contribution in [0.4, 0.5) is 4.39 Å². The number of carbonyl (C=O) groups is 1. The van der Waals surface area contributed by atoms with Gasteiger partial charge in [-0.15, -0.1) is 0 Å². The lowest BCUT2D eigenvalue weighted by atomic mass is 10.2. The summed E-state index contributed by atoms with van der Waals surface area (Å²) in [5, 5.41) is 0.210. The Balaban J connectivity index is 2.15. The summed E-state index contributed by atoms with van der Waals surface area (Å²) < 4.78 is 29.9. The van der Waals surface area contributed by atoms with Gasteiger partial charge in [-0.05, 0) is 30.3 Å². The Morgan fingerprint density at radius 2 is 1.83 bits per heavy atom. The molecule has 0 aliphatic rings. The van der Waals surface area contributed by atoms with Crippen LogP contribution in [0.25, 0.3) is 0 Å². The lowest BCUT2D eigenvalue weighted by molar-refractivity contribution is 0.0466. The Morgan fingerprint density at radius 3 is 2.43 bits per heavy atom. The average molecular weight is 404 g/mol. The molecule has 0 amide bonds. The number of rotatable bonds is 5. The maximum atomic E-state index is 13.7. The van der Waals surface area contributed by atoms with E-state index in [-0.39, 0.29) is 17.2 Å². The molecule has 0 aliphatic carbocycles. The van der Waals surface area contributed by atoms with Crippen molar-refractivity contribution in [3.8, 4) is 11.5 Å². The zero-order chi connectivity index (χ0) is 17.0. The van der Waals surface area contributed by atoms with E-state index in [0.717, 1.165) is 6.07 Å². The summed E-state index contributed by atoms with van der Waals surface area (Å²) in [6.45, 7) is -0.0537.